The molecule has 6 heteroatoms. The summed E-state index contributed by atoms with van der Waals surface area (Å²) in [5.41, 5.74) is 1.78. The number of aliphatic hydroxyl groups excluding tert-OH is 1. The van der Waals surface area contributed by atoms with Crippen LogP contribution in [0.3, 0.4) is 0 Å². The van der Waals surface area contributed by atoms with Gasteiger partial charge < -0.3 is 24.6 Å². The first-order valence-corrected chi connectivity index (χ1v) is 7.58. The molecule has 128 valence electrons. The molecule has 2 aromatic carbocycles. The summed E-state index contributed by atoms with van der Waals surface area (Å²) in [5, 5.41) is 11.5. The second-order valence-electron chi connectivity index (χ2n) is 4.97. The summed E-state index contributed by atoms with van der Waals surface area (Å²) in [6.07, 6.45) is -0.488. The van der Waals surface area contributed by atoms with Crippen LogP contribution in [0, 0.1) is 0 Å². The zero-order valence-electron chi connectivity index (χ0n) is 13.5. The number of carbonyl (C=O) groups is 1. The van der Waals surface area contributed by atoms with Gasteiger partial charge in [0, 0.05) is 6.54 Å². The standard InChI is InChI=1S/C18H21NO5/c1-22-17-11-15(7-8-16(17)23-10-9-20)12-19-18(21)24-13-14-5-3-2-4-6-14/h2-8,11,20H,9-10,12-13H2,1H3,(H,19,21). The van der Waals surface area contributed by atoms with Crippen molar-refractivity contribution in [3.8, 4) is 11.5 Å². The maximum absolute atomic E-state index is 11.7. The molecule has 0 aliphatic rings. The molecular formula is C18H21NO5. The lowest BCUT2D eigenvalue weighted by molar-refractivity contribution is 0.139. The van der Waals surface area contributed by atoms with E-state index in [0.29, 0.717) is 18.0 Å². The summed E-state index contributed by atoms with van der Waals surface area (Å²) >= 11 is 0. The molecule has 0 aliphatic carbocycles. The number of alkyl carbamates (subject to hydrolysis) is 1. The van der Waals surface area contributed by atoms with Crippen LogP contribution in [0.2, 0.25) is 0 Å². The molecular weight excluding hydrogens is 310 g/mol. The highest BCUT2D eigenvalue weighted by Gasteiger charge is 2.07. The number of methoxy groups -OCH3 is 1. The van der Waals surface area contributed by atoms with Crippen LogP contribution >= 0.6 is 0 Å². The Hall–Kier alpha value is -2.73. The normalized spacial score (nSPS) is 10.1. The van der Waals surface area contributed by atoms with E-state index in [1.54, 1.807) is 12.1 Å². The molecule has 0 unspecified atom stereocenters. The summed E-state index contributed by atoms with van der Waals surface area (Å²) in [6.45, 7) is 0.660. The Morgan fingerprint density at radius 3 is 2.58 bits per heavy atom. The highest BCUT2D eigenvalue weighted by Crippen LogP contribution is 2.27. The van der Waals surface area contributed by atoms with Gasteiger partial charge in [-0.15, -0.1) is 0 Å². The fraction of sp³-hybridized carbons (Fsp3) is 0.278. The SMILES string of the molecule is COc1cc(CNC(=O)OCc2ccccc2)ccc1OCCO. The van der Waals surface area contributed by atoms with Crippen molar-refractivity contribution in [2.45, 2.75) is 13.2 Å². The molecule has 1 amide bonds. The second kappa shape index (κ2) is 9.42. The van der Waals surface area contributed by atoms with Gasteiger partial charge in [-0.05, 0) is 23.3 Å². The summed E-state index contributed by atoms with van der Waals surface area (Å²) in [4.78, 5) is 11.7. The van der Waals surface area contributed by atoms with E-state index in [4.69, 9.17) is 19.3 Å². The van der Waals surface area contributed by atoms with Gasteiger partial charge in [0.15, 0.2) is 11.5 Å². The Balaban J connectivity index is 1.83. The number of rotatable bonds is 8. The highest BCUT2D eigenvalue weighted by atomic mass is 16.5. The first kappa shape index (κ1) is 17.6. The molecule has 2 rings (SSSR count). The van der Waals surface area contributed by atoms with E-state index in [0.717, 1.165) is 11.1 Å². The molecule has 0 radical (unpaired) electrons. The molecule has 0 heterocycles. The number of hydrogen-bond acceptors (Lipinski definition) is 5. The monoisotopic (exact) mass is 331 g/mol. The number of benzene rings is 2. The van der Waals surface area contributed by atoms with Crippen molar-refractivity contribution in [1.29, 1.82) is 0 Å². The molecule has 0 atom stereocenters. The summed E-state index contributed by atoms with van der Waals surface area (Å²) in [6, 6.07) is 14.8. The van der Waals surface area contributed by atoms with Gasteiger partial charge in [0.1, 0.15) is 13.2 Å². The minimum Gasteiger partial charge on any atom is -0.493 e. The van der Waals surface area contributed by atoms with E-state index in [2.05, 4.69) is 5.32 Å². The van der Waals surface area contributed by atoms with Gasteiger partial charge in [0.05, 0.1) is 13.7 Å². The van der Waals surface area contributed by atoms with E-state index < -0.39 is 6.09 Å². The molecule has 0 saturated heterocycles. The van der Waals surface area contributed by atoms with Crippen LogP contribution < -0.4 is 14.8 Å². The number of aliphatic hydroxyl groups is 1. The maximum Gasteiger partial charge on any atom is 0.407 e. The molecule has 6 nitrogen and oxygen atoms in total. The average molecular weight is 331 g/mol. The van der Waals surface area contributed by atoms with Gasteiger partial charge in [-0.3, -0.25) is 0 Å². The predicted octanol–water partition coefficient (Wildman–Crippen LogP) is 2.49. The molecule has 0 bridgehead atoms. The van der Waals surface area contributed by atoms with Crippen molar-refractivity contribution in [2.24, 2.45) is 0 Å². The van der Waals surface area contributed by atoms with Crippen LogP contribution in [0.15, 0.2) is 48.5 Å². The van der Waals surface area contributed by atoms with Crippen LogP contribution in [0.1, 0.15) is 11.1 Å². The highest BCUT2D eigenvalue weighted by molar-refractivity contribution is 5.67. The first-order chi connectivity index (χ1) is 11.7. The molecule has 2 aromatic rings. The lowest BCUT2D eigenvalue weighted by Crippen LogP contribution is -2.23. The third-order valence-corrected chi connectivity index (χ3v) is 3.23. The maximum atomic E-state index is 11.7. The van der Waals surface area contributed by atoms with Gasteiger partial charge >= 0.3 is 6.09 Å². The van der Waals surface area contributed by atoms with E-state index >= 15 is 0 Å². The summed E-state index contributed by atoms with van der Waals surface area (Å²) in [7, 11) is 1.53. The molecule has 2 N–H and O–H groups in total. The number of ether oxygens (including phenoxy) is 3. The van der Waals surface area contributed by atoms with E-state index in [9.17, 15) is 4.79 Å². The quantitative estimate of drug-likeness (QED) is 0.777. The van der Waals surface area contributed by atoms with Crippen LogP contribution in [-0.4, -0.2) is 31.5 Å². The summed E-state index contributed by atoms with van der Waals surface area (Å²) < 4.78 is 15.8. The molecule has 0 spiro atoms. The zero-order chi connectivity index (χ0) is 17.2. The lowest BCUT2D eigenvalue weighted by Gasteiger charge is -2.12. The van der Waals surface area contributed by atoms with Crippen molar-refractivity contribution >= 4 is 6.09 Å². The van der Waals surface area contributed by atoms with Gasteiger partial charge in [-0.2, -0.15) is 0 Å². The Kier molecular flexibility index (Phi) is 6.91. The van der Waals surface area contributed by atoms with E-state index in [1.807, 2.05) is 36.4 Å². The van der Waals surface area contributed by atoms with Crippen molar-refractivity contribution in [2.75, 3.05) is 20.3 Å². The van der Waals surface area contributed by atoms with Crippen LogP contribution in [0.4, 0.5) is 4.79 Å². The smallest absolute Gasteiger partial charge is 0.407 e. The first-order valence-electron chi connectivity index (χ1n) is 7.58. The average Bonchev–Trinajstić information content (AvgIpc) is 2.64. The largest absolute Gasteiger partial charge is 0.493 e. The fourth-order valence-electron chi connectivity index (χ4n) is 2.05. The molecule has 24 heavy (non-hydrogen) atoms. The topological polar surface area (TPSA) is 77.0 Å². The van der Waals surface area contributed by atoms with Crippen molar-refractivity contribution in [3.05, 3.63) is 59.7 Å². The minimum atomic E-state index is -0.488. The number of nitrogens with one attached hydrogen (secondary N) is 1. The third kappa shape index (κ3) is 5.48. The Bertz CT molecular complexity index is 645. The van der Waals surface area contributed by atoms with Gasteiger partial charge in [0.2, 0.25) is 0 Å². The molecule has 0 saturated carbocycles. The van der Waals surface area contributed by atoms with Crippen molar-refractivity contribution < 1.29 is 24.1 Å². The van der Waals surface area contributed by atoms with Crippen LogP contribution in [0.25, 0.3) is 0 Å². The van der Waals surface area contributed by atoms with Gasteiger partial charge in [-0.25, -0.2) is 4.79 Å². The second-order valence-corrected chi connectivity index (χ2v) is 4.97. The predicted molar refractivity (Wildman–Crippen MR) is 89.0 cm³/mol. The van der Waals surface area contributed by atoms with E-state index in [1.165, 1.54) is 7.11 Å². The van der Waals surface area contributed by atoms with Crippen molar-refractivity contribution in [3.63, 3.8) is 0 Å². The van der Waals surface area contributed by atoms with Gasteiger partial charge in [0.25, 0.3) is 0 Å². The fourth-order valence-corrected chi connectivity index (χ4v) is 2.05. The van der Waals surface area contributed by atoms with Crippen LogP contribution in [-0.2, 0) is 17.9 Å². The molecule has 0 fully saturated rings. The minimum absolute atomic E-state index is 0.0697. The molecule has 0 aliphatic heterocycles. The molecule has 0 aromatic heterocycles. The lowest BCUT2D eigenvalue weighted by atomic mass is 10.2. The van der Waals surface area contributed by atoms with Gasteiger partial charge in [-0.1, -0.05) is 36.4 Å². The zero-order valence-corrected chi connectivity index (χ0v) is 13.5. The number of carbonyl (C=O) groups excluding carboxylic acids is 1. The van der Waals surface area contributed by atoms with Crippen molar-refractivity contribution in [1.82, 2.24) is 5.32 Å². The third-order valence-electron chi connectivity index (χ3n) is 3.23. The van der Waals surface area contributed by atoms with Crippen LogP contribution in [0.5, 0.6) is 11.5 Å². The Morgan fingerprint density at radius 1 is 1.08 bits per heavy atom. The summed E-state index contributed by atoms with van der Waals surface area (Å²) in [5.74, 6) is 1.09. The number of amides is 1. The number of hydrogen-bond donors (Lipinski definition) is 2. The Morgan fingerprint density at radius 2 is 1.88 bits per heavy atom. The van der Waals surface area contributed by atoms with E-state index in [-0.39, 0.29) is 19.8 Å². The Labute approximate surface area is 141 Å².